The van der Waals surface area contributed by atoms with Gasteiger partial charge in [0, 0.05) is 16.0 Å². The first-order valence-electron chi connectivity index (χ1n) is 5.62. The number of aromatic hydroxyl groups is 1. The van der Waals surface area contributed by atoms with Crippen LogP contribution in [0.4, 0.5) is 0 Å². The summed E-state index contributed by atoms with van der Waals surface area (Å²) in [6.07, 6.45) is 0. The van der Waals surface area contributed by atoms with E-state index in [2.05, 4.69) is 41.8 Å². The van der Waals surface area contributed by atoms with Crippen LogP contribution in [0.5, 0.6) is 5.75 Å². The molecule has 0 aliphatic carbocycles. The fourth-order valence-corrected chi connectivity index (χ4v) is 2.77. The lowest BCUT2D eigenvalue weighted by Crippen LogP contribution is -2.39. The van der Waals surface area contributed by atoms with E-state index in [1.54, 1.807) is 12.1 Å². The van der Waals surface area contributed by atoms with Crippen LogP contribution in [0, 0.1) is 12.8 Å². The van der Waals surface area contributed by atoms with Crippen molar-refractivity contribution in [1.82, 2.24) is 5.32 Å². The van der Waals surface area contributed by atoms with Gasteiger partial charge >= 0.3 is 0 Å². The Morgan fingerprint density at radius 3 is 2.59 bits per heavy atom. The summed E-state index contributed by atoms with van der Waals surface area (Å²) in [4.78, 5) is 12.1. The number of carbonyl (C=O) groups excluding carboxylic acids is 1. The lowest BCUT2D eigenvalue weighted by atomic mass is 10.0. The highest BCUT2D eigenvalue weighted by Gasteiger charge is 2.17. The van der Waals surface area contributed by atoms with Crippen molar-refractivity contribution >= 4 is 28.5 Å². The highest BCUT2D eigenvalue weighted by Crippen LogP contribution is 2.16. The molecule has 1 aromatic carbocycles. The molecule has 0 heterocycles. The molecule has 1 atom stereocenters. The van der Waals surface area contributed by atoms with Crippen molar-refractivity contribution in [2.45, 2.75) is 26.8 Å². The first kappa shape index (κ1) is 14.3. The minimum Gasteiger partial charge on any atom is -0.508 e. The van der Waals surface area contributed by atoms with Gasteiger partial charge in [-0.2, -0.15) is 0 Å². The number of hydrogen-bond donors (Lipinski definition) is 2. The highest BCUT2D eigenvalue weighted by molar-refractivity contribution is 14.1. The summed E-state index contributed by atoms with van der Waals surface area (Å²) >= 11 is 2.28. The Labute approximate surface area is 116 Å². The average Bonchev–Trinajstić information content (AvgIpc) is 2.24. The second-order valence-electron chi connectivity index (χ2n) is 4.48. The van der Waals surface area contributed by atoms with Crippen molar-refractivity contribution in [2.75, 3.05) is 4.43 Å². The van der Waals surface area contributed by atoms with Gasteiger partial charge < -0.3 is 10.4 Å². The number of hydrogen-bond acceptors (Lipinski definition) is 2. The maximum absolute atomic E-state index is 12.1. The van der Waals surface area contributed by atoms with Gasteiger partial charge in [-0.05, 0) is 36.6 Å². The molecular weight excluding hydrogens is 329 g/mol. The Kier molecular flexibility index (Phi) is 5.24. The van der Waals surface area contributed by atoms with Crippen LogP contribution in [0.3, 0.4) is 0 Å². The number of aryl methyl sites for hydroxylation is 1. The van der Waals surface area contributed by atoms with E-state index in [9.17, 15) is 9.90 Å². The van der Waals surface area contributed by atoms with Gasteiger partial charge in [0.15, 0.2) is 0 Å². The van der Waals surface area contributed by atoms with E-state index in [0.717, 1.165) is 9.99 Å². The van der Waals surface area contributed by atoms with Crippen LogP contribution in [0.2, 0.25) is 0 Å². The molecule has 0 spiro atoms. The summed E-state index contributed by atoms with van der Waals surface area (Å²) in [5.74, 6) is 0.527. The molecule has 0 bridgehead atoms. The standard InChI is InChI=1S/C13H18INO2/c1-8(2)12(7-14)15-13(17)11-5-4-10(16)6-9(11)3/h4-6,8,12,16H,7H2,1-3H3,(H,15,17). The van der Waals surface area contributed by atoms with E-state index in [1.807, 2.05) is 6.92 Å². The Bertz CT molecular complexity index is 404. The van der Waals surface area contributed by atoms with Crippen molar-refractivity contribution < 1.29 is 9.90 Å². The minimum absolute atomic E-state index is 0.0714. The maximum atomic E-state index is 12.1. The molecule has 0 saturated carbocycles. The van der Waals surface area contributed by atoms with E-state index in [4.69, 9.17) is 0 Å². The molecule has 0 radical (unpaired) electrons. The van der Waals surface area contributed by atoms with Gasteiger partial charge in [0.2, 0.25) is 0 Å². The van der Waals surface area contributed by atoms with Crippen molar-refractivity contribution in [3.63, 3.8) is 0 Å². The number of carbonyl (C=O) groups is 1. The van der Waals surface area contributed by atoms with Gasteiger partial charge in [0.25, 0.3) is 5.91 Å². The van der Waals surface area contributed by atoms with Crippen molar-refractivity contribution in [3.05, 3.63) is 29.3 Å². The summed E-state index contributed by atoms with van der Waals surface area (Å²) in [7, 11) is 0. The molecule has 0 aromatic heterocycles. The lowest BCUT2D eigenvalue weighted by Gasteiger charge is -2.20. The number of phenolic OH excluding ortho intramolecular Hbond substituents is 1. The summed E-state index contributed by atoms with van der Waals surface area (Å²) in [6.45, 7) is 6.00. The van der Waals surface area contributed by atoms with Crippen LogP contribution >= 0.6 is 22.6 Å². The minimum atomic E-state index is -0.0714. The number of rotatable bonds is 4. The Morgan fingerprint density at radius 2 is 2.12 bits per heavy atom. The molecular formula is C13H18INO2. The third kappa shape index (κ3) is 3.87. The largest absolute Gasteiger partial charge is 0.508 e. The normalized spacial score (nSPS) is 12.5. The quantitative estimate of drug-likeness (QED) is 0.650. The molecule has 2 N–H and O–H groups in total. The van der Waals surface area contributed by atoms with E-state index in [-0.39, 0.29) is 17.7 Å². The molecule has 0 fully saturated rings. The van der Waals surface area contributed by atoms with Gasteiger partial charge in [0.1, 0.15) is 5.75 Å². The Morgan fingerprint density at radius 1 is 1.47 bits per heavy atom. The fraction of sp³-hybridized carbons (Fsp3) is 0.462. The van der Waals surface area contributed by atoms with Gasteiger partial charge in [-0.15, -0.1) is 0 Å². The van der Waals surface area contributed by atoms with E-state index in [0.29, 0.717) is 11.5 Å². The van der Waals surface area contributed by atoms with Gasteiger partial charge in [-0.1, -0.05) is 36.4 Å². The number of halogens is 1. The third-order valence-corrected chi connectivity index (χ3v) is 3.69. The average molecular weight is 347 g/mol. The first-order valence-corrected chi connectivity index (χ1v) is 7.14. The smallest absolute Gasteiger partial charge is 0.251 e. The second kappa shape index (κ2) is 6.23. The monoisotopic (exact) mass is 347 g/mol. The van der Waals surface area contributed by atoms with Gasteiger partial charge in [-0.3, -0.25) is 4.79 Å². The van der Waals surface area contributed by atoms with E-state index in [1.165, 1.54) is 6.07 Å². The zero-order valence-corrected chi connectivity index (χ0v) is 12.5. The molecule has 3 nitrogen and oxygen atoms in total. The zero-order valence-electron chi connectivity index (χ0n) is 10.3. The van der Waals surface area contributed by atoms with E-state index >= 15 is 0 Å². The first-order chi connectivity index (χ1) is 7.95. The number of benzene rings is 1. The van der Waals surface area contributed by atoms with E-state index < -0.39 is 0 Å². The summed E-state index contributed by atoms with van der Waals surface area (Å²) in [6, 6.07) is 4.97. The van der Waals surface area contributed by atoms with Crippen molar-refractivity contribution in [1.29, 1.82) is 0 Å². The number of nitrogens with one attached hydrogen (secondary N) is 1. The number of amides is 1. The van der Waals surface area contributed by atoms with Crippen LogP contribution in [0.25, 0.3) is 0 Å². The predicted octanol–water partition coefficient (Wildman–Crippen LogP) is 2.89. The lowest BCUT2D eigenvalue weighted by molar-refractivity contribution is 0.0931. The molecule has 1 rings (SSSR count). The maximum Gasteiger partial charge on any atom is 0.251 e. The third-order valence-electron chi connectivity index (χ3n) is 2.74. The Hall–Kier alpha value is -0.780. The Balaban J connectivity index is 2.82. The molecule has 1 aromatic rings. The SMILES string of the molecule is Cc1cc(O)ccc1C(=O)NC(CI)C(C)C. The summed E-state index contributed by atoms with van der Waals surface area (Å²) in [5, 5.41) is 12.3. The van der Waals surface area contributed by atoms with Crippen LogP contribution in [-0.2, 0) is 0 Å². The molecule has 94 valence electrons. The van der Waals surface area contributed by atoms with Crippen molar-refractivity contribution in [3.8, 4) is 5.75 Å². The van der Waals surface area contributed by atoms with Gasteiger partial charge in [-0.25, -0.2) is 0 Å². The van der Waals surface area contributed by atoms with Gasteiger partial charge in [0.05, 0.1) is 0 Å². The number of alkyl halides is 1. The molecule has 17 heavy (non-hydrogen) atoms. The molecule has 0 aliphatic rings. The molecule has 0 saturated heterocycles. The molecule has 0 aliphatic heterocycles. The topological polar surface area (TPSA) is 49.3 Å². The molecule has 1 amide bonds. The van der Waals surface area contributed by atoms with Crippen LogP contribution in [-0.4, -0.2) is 21.5 Å². The van der Waals surface area contributed by atoms with Crippen LogP contribution in [0.1, 0.15) is 29.8 Å². The molecule has 1 unspecified atom stereocenters. The van der Waals surface area contributed by atoms with Crippen LogP contribution in [0.15, 0.2) is 18.2 Å². The predicted molar refractivity (Wildman–Crippen MR) is 77.8 cm³/mol. The number of phenols is 1. The fourth-order valence-electron chi connectivity index (χ4n) is 1.53. The summed E-state index contributed by atoms with van der Waals surface area (Å²) in [5.41, 5.74) is 1.41. The summed E-state index contributed by atoms with van der Waals surface area (Å²) < 4.78 is 0.887. The second-order valence-corrected chi connectivity index (χ2v) is 5.36. The zero-order chi connectivity index (χ0) is 13.0. The van der Waals surface area contributed by atoms with Crippen LogP contribution < -0.4 is 5.32 Å². The highest BCUT2D eigenvalue weighted by atomic mass is 127. The van der Waals surface area contributed by atoms with Crippen molar-refractivity contribution in [2.24, 2.45) is 5.92 Å². The molecule has 4 heteroatoms.